The van der Waals surface area contributed by atoms with Crippen LogP contribution in [0, 0.1) is 6.92 Å². The van der Waals surface area contributed by atoms with Gasteiger partial charge in [0.1, 0.15) is 16.8 Å². The lowest BCUT2D eigenvalue weighted by Gasteiger charge is -2.32. The maximum absolute atomic E-state index is 13.1. The molecule has 28 heavy (non-hydrogen) atoms. The molecule has 2 heterocycles. The second-order valence-electron chi connectivity index (χ2n) is 6.28. The van der Waals surface area contributed by atoms with Gasteiger partial charge in [0, 0.05) is 16.8 Å². The Morgan fingerprint density at radius 3 is 2.79 bits per heavy atom. The number of rotatable bonds is 4. The molecule has 7 nitrogen and oxygen atoms in total. The number of carbonyl (C=O) groups excluding carboxylic acids is 1. The van der Waals surface area contributed by atoms with Gasteiger partial charge in [0.05, 0.1) is 13.2 Å². The molecule has 9 heteroatoms. The summed E-state index contributed by atoms with van der Waals surface area (Å²) in [5, 5.41) is 12.1. The van der Waals surface area contributed by atoms with Gasteiger partial charge >= 0.3 is 0 Å². The molecule has 144 valence electrons. The van der Waals surface area contributed by atoms with Gasteiger partial charge in [-0.2, -0.15) is 0 Å². The Hall–Kier alpha value is -2.71. The van der Waals surface area contributed by atoms with Crippen LogP contribution in [0.4, 0.5) is 5.69 Å². The van der Waals surface area contributed by atoms with E-state index >= 15 is 0 Å². The number of amides is 1. The van der Waals surface area contributed by atoms with Gasteiger partial charge in [-0.05, 0) is 36.8 Å². The first-order valence-corrected chi connectivity index (χ1v) is 9.86. The quantitative estimate of drug-likeness (QED) is 0.677. The summed E-state index contributed by atoms with van der Waals surface area (Å²) in [5.74, 6) is 1.27. The van der Waals surface area contributed by atoms with Crippen molar-refractivity contribution in [3.63, 3.8) is 0 Å². The molecule has 0 spiro atoms. The number of hydrogen-bond donors (Lipinski definition) is 2. The van der Waals surface area contributed by atoms with Crippen LogP contribution in [0.25, 0.3) is 0 Å². The number of halogens is 1. The Labute approximate surface area is 171 Å². The molecule has 3 aromatic rings. The molecule has 4 rings (SSSR count). The summed E-state index contributed by atoms with van der Waals surface area (Å²) in [7, 11) is 1.59. The Kier molecular flexibility index (Phi) is 5.15. The van der Waals surface area contributed by atoms with Crippen LogP contribution < -0.4 is 15.5 Å². The highest BCUT2D eigenvalue weighted by molar-refractivity contribution is 8.00. The van der Waals surface area contributed by atoms with E-state index in [-0.39, 0.29) is 11.9 Å². The monoisotopic (exact) mass is 415 g/mol. The smallest absolute Gasteiger partial charge is 0.240 e. The number of methoxy groups -OCH3 is 1. The maximum Gasteiger partial charge on any atom is 0.240 e. The number of hydrogen-bond acceptors (Lipinski definition) is 6. The molecule has 0 saturated heterocycles. The van der Waals surface area contributed by atoms with E-state index in [0.717, 1.165) is 11.4 Å². The van der Waals surface area contributed by atoms with Crippen molar-refractivity contribution < 1.29 is 9.53 Å². The number of nitrogens with zero attached hydrogens (tertiary/aromatic N) is 3. The summed E-state index contributed by atoms with van der Waals surface area (Å²) in [6.45, 7) is 1.86. The molecule has 0 saturated carbocycles. The van der Waals surface area contributed by atoms with E-state index in [0.29, 0.717) is 21.6 Å². The highest BCUT2D eigenvalue weighted by Crippen LogP contribution is 2.37. The first-order chi connectivity index (χ1) is 13.5. The minimum atomic E-state index is -0.455. The van der Waals surface area contributed by atoms with Crippen LogP contribution in [0.3, 0.4) is 0 Å². The lowest BCUT2D eigenvalue weighted by atomic mass is 10.0. The predicted molar refractivity (Wildman–Crippen MR) is 110 cm³/mol. The average molecular weight is 416 g/mol. The van der Waals surface area contributed by atoms with Crippen LogP contribution in [0.15, 0.2) is 53.7 Å². The van der Waals surface area contributed by atoms with Crippen molar-refractivity contribution in [2.24, 2.45) is 0 Å². The van der Waals surface area contributed by atoms with Gasteiger partial charge in [-0.25, -0.2) is 4.68 Å². The number of anilines is 1. The van der Waals surface area contributed by atoms with Crippen molar-refractivity contribution >= 4 is 35.0 Å². The normalized spacial score (nSPS) is 18.1. The van der Waals surface area contributed by atoms with Gasteiger partial charge < -0.3 is 15.5 Å². The van der Waals surface area contributed by atoms with Crippen molar-refractivity contribution in [1.82, 2.24) is 14.9 Å². The van der Waals surface area contributed by atoms with Crippen LogP contribution in [0.2, 0.25) is 5.02 Å². The van der Waals surface area contributed by atoms with Crippen LogP contribution >= 0.6 is 23.4 Å². The van der Waals surface area contributed by atoms with Gasteiger partial charge in [-0.15, -0.1) is 10.2 Å². The molecule has 2 unspecified atom stereocenters. The van der Waals surface area contributed by atoms with E-state index in [2.05, 4.69) is 20.9 Å². The van der Waals surface area contributed by atoms with Gasteiger partial charge in [-0.3, -0.25) is 4.79 Å². The second-order valence-corrected chi connectivity index (χ2v) is 7.83. The molecule has 1 aliphatic rings. The van der Waals surface area contributed by atoms with Crippen molar-refractivity contribution in [2.75, 3.05) is 17.9 Å². The molecule has 2 atom stereocenters. The lowest BCUT2D eigenvalue weighted by molar-refractivity contribution is -0.116. The third-order valence-corrected chi connectivity index (χ3v) is 5.89. The van der Waals surface area contributed by atoms with Crippen LogP contribution in [-0.4, -0.2) is 33.1 Å². The van der Waals surface area contributed by atoms with Gasteiger partial charge in [-0.1, -0.05) is 41.6 Å². The summed E-state index contributed by atoms with van der Waals surface area (Å²) >= 11 is 7.41. The Bertz CT molecular complexity index is 1010. The van der Waals surface area contributed by atoms with Crippen LogP contribution in [-0.2, 0) is 4.79 Å². The van der Waals surface area contributed by atoms with E-state index in [1.807, 2.05) is 49.4 Å². The number of aromatic nitrogens is 3. The van der Waals surface area contributed by atoms with Gasteiger partial charge in [0.25, 0.3) is 0 Å². The predicted octanol–water partition coefficient (Wildman–Crippen LogP) is 3.65. The highest BCUT2D eigenvalue weighted by atomic mass is 35.5. The number of thioether (sulfide) groups is 1. The van der Waals surface area contributed by atoms with E-state index in [9.17, 15) is 4.79 Å². The third-order valence-electron chi connectivity index (χ3n) is 4.42. The fourth-order valence-corrected chi connectivity index (χ4v) is 4.25. The number of fused-ring (bicyclic) bond motifs is 1. The van der Waals surface area contributed by atoms with Crippen molar-refractivity contribution in [2.45, 2.75) is 23.4 Å². The van der Waals surface area contributed by atoms with Crippen molar-refractivity contribution in [1.29, 1.82) is 0 Å². The number of ether oxygens (including phenoxy) is 1. The Morgan fingerprint density at radius 2 is 2.04 bits per heavy atom. The molecule has 1 amide bonds. The highest BCUT2D eigenvalue weighted by Gasteiger charge is 2.37. The average Bonchev–Trinajstić information content (AvgIpc) is 3.08. The first kappa shape index (κ1) is 18.6. The number of benzene rings is 2. The first-order valence-electron chi connectivity index (χ1n) is 8.61. The molecule has 0 radical (unpaired) electrons. The molecule has 2 aromatic carbocycles. The Balaban J connectivity index is 1.65. The summed E-state index contributed by atoms with van der Waals surface area (Å²) in [6, 6.07) is 14.4. The minimum absolute atomic E-state index is 0.141. The summed E-state index contributed by atoms with van der Waals surface area (Å²) in [5.41, 5.74) is 4.98. The molecular formula is C19H18ClN5O2S. The zero-order chi connectivity index (χ0) is 19.7. The van der Waals surface area contributed by atoms with E-state index in [4.69, 9.17) is 16.3 Å². The van der Waals surface area contributed by atoms with Crippen molar-refractivity contribution in [3.8, 4) is 5.75 Å². The summed E-state index contributed by atoms with van der Waals surface area (Å²) in [4.78, 5) is 13.1. The summed E-state index contributed by atoms with van der Waals surface area (Å²) in [6.07, 6.45) is 0. The van der Waals surface area contributed by atoms with Crippen molar-refractivity contribution in [3.05, 3.63) is 64.9 Å². The molecule has 1 aromatic heterocycles. The van der Waals surface area contributed by atoms with E-state index in [1.165, 1.54) is 11.8 Å². The molecule has 0 fully saturated rings. The minimum Gasteiger partial charge on any atom is -0.497 e. The number of aryl methyl sites for hydroxylation is 1. The Morgan fingerprint density at radius 1 is 1.25 bits per heavy atom. The maximum atomic E-state index is 13.1. The topological polar surface area (TPSA) is 81.1 Å². The fourth-order valence-electron chi connectivity index (χ4n) is 2.99. The second kappa shape index (κ2) is 7.73. The van der Waals surface area contributed by atoms with Gasteiger partial charge in [0.15, 0.2) is 0 Å². The van der Waals surface area contributed by atoms with Crippen LogP contribution in [0.5, 0.6) is 5.75 Å². The zero-order valence-corrected chi connectivity index (χ0v) is 16.8. The zero-order valence-electron chi connectivity index (χ0n) is 15.2. The molecule has 0 bridgehead atoms. The molecular weight excluding hydrogens is 398 g/mol. The van der Waals surface area contributed by atoms with Gasteiger partial charge in [0.2, 0.25) is 11.1 Å². The molecule has 2 N–H and O–H groups in total. The lowest BCUT2D eigenvalue weighted by Crippen LogP contribution is -2.41. The van der Waals surface area contributed by atoms with E-state index in [1.54, 1.807) is 17.9 Å². The molecule has 1 aliphatic heterocycles. The number of nitrogens with one attached hydrogen (secondary N) is 2. The SMILES string of the molecule is COc1cccc(NC(=O)C2Sc3nnc(C)n3NC2c2ccc(Cl)cc2)c1. The summed E-state index contributed by atoms with van der Waals surface area (Å²) < 4.78 is 7.03. The largest absolute Gasteiger partial charge is 0.497 e. The number of carbonyl (C=O) groups is 1. The molecule has 0 aliphatic carbocycles. The van der Waals surface area contributed by atoms with Crippen LogP contribution in [0.1, 0.15) is 17.4 Å². The third kappa shape index (κ3) is 3.65. The van der Waals surface area contributed by atoms with E-state index < -0.39 is 5.25 Å². The fraction of sp³-hybridized carbons (Fsp3) is 0.211. The standard InChI is InChI=1S/C19H18ClN5O2S/c1-11-22-23-19-25(11)24-16(12-6-8-13(20)9-7-12)17(28-19)18(26)21-14-4-3-5-15(10-14)27-2/h3-10,16-17,24H,1-2H3,(H,21,26).